The largest absolute Gasteiger partial charge is 0.462 e. The first-order valence-electron chi connectivity index (χ1n) is 7.36. The molecule has 0 fully saturated rings. The molecule has 0 unspecified atom stereocenters. The van der Waals surface area contributed by atoms with Crippen molar-refractivity contribution in [1.82, 2.24) is 4.98 Å². The van der Waals surface area contributed by atoms with Gasteiger partial charge in [-0.15, -0.1) is 0 Å². The van der Waals surface area contributed by atoms with Crippen molar-refractivity contribution in [2.45, 2.75) is 6.92 Å². The van der Waals surface area contributed by atoms with E-state index in [1.54, 1.807) is 13.1 Å². The number of esters is 1. The average Bonchev–Trinajstić information content (AvgIpc) is 2.57. The van der Waals surface area contributed by atoms with E-state index in [9.17, 15) is 4.79 Å². The van der Waals surface area contributed by atoms with Crippen molar-refractivity contribution < 1.29 is 9.53 Å². The number of nitrogens with zero attached hydrogens (tertiary/aromatic N) is 1. The van der Waals surface area contributed by atoms with Gasteiger partial charge in [0.25, 0.3) is 0 Å². The molecule has 0 radical (unpaired) electrons. The van der Waals surface area contributed by atoms with Gasteiger partial charge < -0.3 is 10.1 Å². The lowest BCUT2D eigenvalue weighted by molar-refractivity contribution is 0.0527. The van der Waals surface area contributed by atoms with Crippen LogP contribution < -0.4 is 5.32 Å². The lowest BCUT2D eigenvalue weighted by Gasteiger charge is -2.14. The maximum atomic E-state index is 12.3. The monoisotopic (exact) mass is 448 g/mol. The molecule has 2 aromatic carbocycles. The number of halogens is 2. The van der Waals surface area contributed by atoms with Crippen LogP contribution in [0.15, 0.2) is 57.6 Å². The number of ether oxygens (including phenoxy) is 1. The molecule has 24 heavy (non-hydrogen) atoms. The van der Waals surface area contributed by atoms with Crippen molar-refractivity contribution in [3.05, 3.63) is 63.2 Å². The Morgan fingerprint density at radius 3 is 2.54 bits per heavy atom. The summed E-state index contributed by atoms with van der Waals surface area (Å²) in [5.74, 6) is -0.397. The van der Waals surface area contributed by atoms with Crippen LogP contribution in [0.4, 0.5) is 11.4 Å². The van der Waals surface area contributed by atoms with Gasteiger partial charge in [-0.05, 0) is 49.4 Å². The molecular formula is C18H14Br2N2O2. The second-order valence-corrected chi connectivity index (χ2v) is 6.89. The minimum Gasteiger partial charge on any atom is -0.462 e. The topological polar surface area (TPSA) is 51.2 Å². The first-order chi connectivity index (χ1) is 11.6. The molecule has 0 aliphatic heterocycles. The molecule has 0 atom stereocenters. The second-order valence-electron chi connectivity index (χ2n) is 5.06. The highest BCUT2D eigenvalue weighted by Gasteiger charge is 2.17. The SMILES string of the molecule is CCOC(=O)c1cnc2ccc(Br)cc2c1Nc1ccc(Br)cc1. The molecule has 0 bridgehead atoms. The predicted molar refractivity (Wildman–Crippen MR) is 103 cm³/mol. The zero-order valence-electron chi connectivity index (χ0n) is 12.8. The van der Waals surface area contributed by atoms with Crippen LogP contribution in [-0.4, -0.2) is 17.6 Å². The number of hydrogen-bond donors (Lipinski definition) is 1. The van der Waals surface area contributed by atoms with Crippen molar-refractivity contribution in [3.63, 3.8) is 0 Å². The molecule has 0 aliphatic rings. The molecule has 0 amide bonds. The van der Waals surface area contributed by atoms with Gasteiger partial charge in [-0.2, -0.15) is 0 Å². The van der Waals surface area contributed by atoms with Gasteiger partial charge in [0.1, 0.15) is 5.56 Å². The van der Waals surface area contributed by atoms with Crippen LogP contribution in [0, 0.1) is 0 Å². The fraction of sp³-hybridized carbons (Fsp3) is 0.111. The van der Waals surface area contributed by atoms with Gasteiger partial charge >= 0.3 is 5.97 Å². The van der Waals surface area contributed by atoms with Gasteiger partial charge in [-0.3, -0.25) is 4.98 Å². The number of hydrogen-bond acceptors (Lipinski definition) is 4. The van der Waals surface area contributed by atoms with Crippen LogP contribution in [0.25, 0.3) is 10.9 Å². The lowest BCUT2D eigenvalue weighted by Crippen LogP contribution is -2.09. The summed E-state index contributed by atoms with van der Waals surface area (Å²) >= 11 is 6.90. The highest BCUT2D eigenvalue weighted by molar-refractivity contribution is 9.10. The third-order valence-corrected chi connectivity index (χ3v) is 4.46. The second kappa shape index (κ2) is 7.32. The average molecular weight is 450 g/mol. The third kappa shape index (κ3) is 3.60. The van der Waals surface area contributed by atoms with Crippen LogP contribution in [0.2, 0.25) is 0 Å². The number of nitrogens with one attached hydrogen (secondary N) is 1. The van der Waals surface area contributed by atoms with E-state index >= 15 is 0 Å². The quantitative estimate of drug-likeness (QED) is 0.520. The number of carbonyl (C=O) groups is 1. The van der Waals surface area contributed by atoms with Gasteiger partial charge in [0.05, 0.1) is 17.8 Å². The maximum Gasteiger partial charge on any atom is 0.341 e. The normalized spacial score (nSPS) is 10.6. The van der Waals surface area contributed by atoms with E-state index in [1.807, 2.05) is 42.5 Å². The number of carbonyl (C=O) groups excluding carboxylic acids is 1. The highest BCUT2D eigenvalue weighted by Crippen LogP contribution is 2.32. The Bertz CT molecular complexity index is 895. The summed E-state index contributed by atoms with van der Waals surface area (Å²) in [4.78, 5) is 16.7. The van der Waals surface area contributed by atoms with E-state index in [2.05, 4.69) is 42.2 Å². The van der Waals surface area contributed by atoms with E-state index in [0.717, 1.165) is 25.5 Å². The highest BCUT2D eigenvalue weighted by atomic mass is 79.9. The number of pyridine rings is 1. The number of anilines is 2. The molecule has 4 nitrogen and oxygen atoms in total. The van der Waals surface area contributed by atoms with Crippen molar-refractivity contribution in [2.75, 3.05) is 11.9 Å². The summed E-state index contributed by atoms with van der Waals surface area (Å²) in [7, 11) is 0. The zero-order chi connectivity index (χ0) is 17.1. The summed E-state index contributed by atoms with van der Waals surface area (Å²) in [5.41, 5.74) is 2.76. The number of benzene rings is 2. The third-order valence-electron chi connectivity index (χ3n) is 3.44. The molecule has 1 heterocycles. The fourth-order valence-electron chi connectivity index (χ4n) is 2.34. The van der Waals surface area contributed by atoms with Gasteiger partial charge in [-0.25, -0.2) is 4.79 Å². The first kappa shape index (κ1) is 16.9. The van der Waals surface area contributed by atoms with E-state index in [0.29, 0.717) is 17.9 Å². The molecule has 1 N–H and O–H groups in total. The van der Waals surface area contributed by atoms with Gasteiger partial charge in [0, 0.05) is 26.2 Å². The summed E-state index contributed by atoms with van der Waals surface area (Å²) in [5, 5.41) is 4.17. The molecule has 1 aromatic heterocycles. The molecule has 6 heteroatoms. The van der Waals surface area contributed by atoms with Crippen molar-refractivity contribution in [3.8, 4) is 0 Å². The molecule has 0 saturated carbocycles. The van der Waals surface area contributed by atoms with Gasteiger partial charge in [-0.1, -0.05) is 31.9 Å². The number of fused-ring (bicyclic) bond motifs is 1. The maximum absolute atomic E-state index is 12.3. The Hall–Kier alpha value is -1.92. The van der Waals surface area contributed by atoms with Gasteiger partial charge in [0.15, 0.2) is 0 Å². The van der Waals surface area contributed by atoms with Gasteiger partial charge in [0.2, 0.25) is 0 Å². The molecule has 3 rings (SSSR count). The molecule has 0 saturated heterocycles. The molecular weight excluding hydrogens is 436 g/mol. The van der Waals surface area contributed by atoms with Crippen LogP contribution in [0.3, 0.4) is 0 Å². The molecule has 0 spiro atoms. The Morgan fingerprint density at radius 2 is 1.83 bits per heavy atom. The molecule has 122 valence electrons. The van der Waals surface area contributed by atoms with E-state index in [4.69, 9.17) is 4.74 Å². The summed E-state index contributed by atoms with van der Waals surface area (Å²) in [6, 6.07) is 13.5. The van der Waals surface area contributed by atoms with Crippen LogP contribution in [0.1, 0.15) is 17.3 Å². The predicted octanol–water partition coefficient (Wildman–Crippen LogP) is 5.68. The summed E-state index contributed by atoms with van der Waals surface area (Å²) in [6.07, 6.45) is 1.55. The van der Waals surface area contributed by atoms with Crippen LogP contribution >= 0.6 is 31.9 Å². The summed E-state index contributed by atoms with van der Waals surface area (Å²) in [6.45, 7) is 2.10. The van der Waals surface area contributed by atoms with E-state index in [-0.39, 0.29) is 0 Å². The Kier molecular flexibility index (Phi) is 5.16. The summed E-state index contributed by atoms with van der Waals surface area (Å²) < 4.78 is 7.07. The minimum atomic E-state index is -0.397. The fourth-order valence-corrected chi connectivity index (χ4v) is 2.97. The smallest absolute Gasteiger partial charge is 0.341 e. The zero-order valence-corrected chi connectivity index (χ0v) is 16.0. The number of aromatic nitrogens is 1. The molecule has 3 aromatic rings. The van der Waals surface area contributed by atoms with Crippen molar-refractivity contribution in [1.29, 1.82) is 0 Å². The number of rotatable bonds is 4. The van der Waals surface area contributed by atoms with Crippen molar-refractivity contribution in [2.24, 2.45) is 0 Å². The standard InChI is InChI=1S/C18H14Br2N2O2/c1-2-24-18(23)15-10-21-16-8-5-12(20)9-14(16)17(15)22-13-6-3-11(19)4-7-13/h3-10H,2H2,1H3,(H,21,22). The first-order valence-corrected chi connectivity index (χ1v) is 8.95. The van der Waals surface area contributed by atoms with E-state index < -0.39 is 5.97 Å². The van der Waals surface area contributed by atoms with Crippen LogP contribution in [0.5, 0.6) is 0 Å². The lowest BCUT2D eigenvalue weighted by atomic mass is 10.1. The van der Waals surface area contributed by atoms with Crippen molar-refractivity contribution >= 4 is 60.1 Å². The Balaban J connectivity index is 2.16. The van der Waals surface area contributed by atoms with Crippen LogP contribution in [-0.2, 0) is 4.74 Å². The van der Waals surface area contributed by atoms with E-state index in [1.165, 1.54) is 0 Å². The minimum absolute atomic E-state index is 0.313. The Morgan fingerprint density at radius 1 is 1.12 bits per heavy atom. The molecule has 0 aliphatic carbocycles. The Labute approximate surface area is 156 Å².